The molecule has 2 nitrogen and oxygen atoms in total. The van der Waals surface area contributed by atoms with Crippen molar-refractivity contribution in [2.75, 3.05) is 7.11 Å². The molecule has 0 amide bonds. The van der Waals surface area contributed by atoms with Crippen molar-refractivity contribution in [3.8, 4) is 5.75 Å². The average molecular weight is 346 g/mol. The first-order chi connectivity index (χ1) is 10.2. The van der Waals surface area contributed by atoms with Gasteiger partial charge in [0.05, 0.1) is 7.11 Å². The van der Waals surface area contributed by atoms with Gasteiger partial charge in [0.15, 0.2) is 0 Å². The topological polar surface area (TPSA) is 21.3 Å². The second-order valence-corrected chi connectivity index (χ2v) is 6.51. The molecule has 21 heavy (non-hydrogen) atoms. The number of aryl methyl sites for hydroxylation is 1. The summed E-state index contributed by atoms with van der Waals surface area (Å²) < 4.78 is 6.48. The van der Waals surface area contributed by atoms with Gasteiger partial charge in [-0.3, -0.25) is 0 Å². The monoisotopic (exact) mass is 345 g/mol. The van der Waals surface area contributed by atoms with Crippen LogP contribution in [-0.2, 0) is 6.42 Å². The molecule has 1 aliphatic carbocycles. The molecule has 1 unspecified atom stereocenters. The Morgan fingerprint density at radius 3 is 2.67 bits per heavy atom. The fourth-order valence-corrected chi connectivity index (χ4v) is 3.29. The maximum Gasteiger partial charge on any atom is 0.119 e. The minimum atomic E-state index is 0.334. The van der Waals surface area contributed by atoms with Crippen LogP contribution >= 0.6 is 15.9 Å². The minimum absolute atomic E-state index is 0.334. The second kappa shape index (κ2) is 6.20. The maximum atomic E-state index is 5.36. The molecule has 0 fully saturated rings. The van der Waals surface area contributed by atoms with E-state index in [1.54, 1.807) is 7.11 Å². The Balaban J connectivity index is 1.76. The number of halogens is 1. The zero-order valence-electron chi connectivity index (χ0n) is 12.4. The molecule has 110 valence electrons. The van der Waals surface area contributed by atoms with E-state index in [0.29, 0.717) is 12.1 Å². The molecular weight excluding hydrogens is 326 g/mol. The molecule has 1 N–H and O–H groups in total. The summed E-state index contributed by atoms with van der Waals surface area (Å²) in [6.07, 6.45) is 2.30. The van der Waals surface area contributed by atoms with E-state index in [9.17, 15) is 0 Å². The first-order valence-corrected chi connectivity index (χ1v) is 8.15. The normalized spacial score (nSPS) is 18.3. The van der Waals surface area contributed by atoms with Crippen molar-refractivity contribution in [2.45, 2.75) is 31.8 Å². The van der Waals surface area contributed by atoms with Crippen molar-refractivity contribution in [3.05, 3.63) is 63.6 Å². The Hall–Kier alpha value is -1.32. The molecule has 2 aromatic carbocycles. The van der Waals surface area contributed by atoms with E-state index in [2.05, 4.69) is 70.6 Å². The van der Waals surface area contributed by atoms with E-state index >= 15 is 0 Å². The molecule has 0 aromatic heterocycles. The average Bonchev–Trinajstić information content (AvgIpc) is 2.90. The van der Waals surface area contributed by atoms with E-state index in [4.69, 9.17) is 4.74 Å². The van der Waals surface area contributed by atoms with Crippen LogP contribution in [-0.4, -0.2) is 7.11 Å². The van der Waals surface area contributed by atoms with Gasteiger partial charge in [-0.15, -0.1) is 0 Å². The number of fused-ring (bicyclic) bond motifs is 1. The minimum Gasteiger partial charge on any atom is -0.497 e. The summed E-state index contributed by atoms with van der Waals surface area (Å²) in [6.45, 7) is 2.22. The summed E-state index contributed by atoms with van der Waals surface area (Å²) in [5, 5.41) is 3.75. The lowest BCUT2D eigenvalue weighted by Gasteiger charge is -2.21. The largest absolute Gasteiger partial charge is 0.497 e. The van der Waals surface area contributed by atoms with Crippen LogP contribution in [0.5, 0.6) is 5.75 Å². The number of benzene rings is 2. The predicted molar refractivity (Wildman–Crippen MR) is 89.7 cm³/mol. The quantitative estimate of drug-likeness (QED) is 0.859. The standard InChI is InChI=1S/C18H20BrNO/c1-12(13-3-7-15(19)8-4-13)20-18-10-6-14-5-9-16(21-2)11-17(14)18/h3-5,7-9,11-12,18,20H,6,10H2,1-2H3/t12-,18?/m1/s1. The molecule has 0 aliphatic heterocycles. The van der Waals surface area contributed by atoms with E-state index in [-0.39, 0.29) is 0 Å². The maximum absolute atomic E-state index is 5.36. The number of hydrogen-bond acceptors (Lipinski definition) is 2. The van der Waals surface area contributed by atoms with E-state index in [0.717, 1.165) is 23.1 Å². The van der Waals surface area contributed by atoms with Crippen LogP contribution in [0, 0.1) is 0 Å². The Labute approximate surface area is 134 Å². The Kier molecular flexibility index (Phi) is 4.32. The second-order valence-electron chi connectivity index (χ2n) is 5.60. The number of nitrogens with one attached hydrogen (secondary N) is 1. The van der Waals surface area contributed by atoms with Gasteiger partial charge < -0.3 is 10.1 Å². The van der Waals surface area contributed by atoms with Crippen LogP contribution < -0.4 is 10.1 Å². The summed E-state index contributed by atoms with van der Waals surface area (Å²) >= 11 is 3.49. The summed E-state index contributed by atoms with van der Waals surface area (Å²) in [5.41, 5.74) is 4.14. The zero-order valence-corrected chi connectivity index (χ0v) is 14.0. The van der Waals surface area contributed by atoms with Crippen LogP contribution in [0.15, 0.2) is 46.9 Å². The molecular formula is C18H20BrNO. The van der Waals surface area contributed by atoms with Gasteiger partial charge >= 0.3 is 0 Å². The Bertz CT molecular complexity index is 624. The van der Waals surface area contributed by atoms with Crippen LogP contribution in [0.2, 0.25) is 0 Å². The molecule has 0 saturated heterocycles. The third kappa shape index (κ3) is 3.14. The van der Waals surface area contributed by atoms with Gasteiger partial charge in [0, 0.05) is 16.6 Å². The molecule has 0 heterocycles. The van der Waals surface area contributed by atoms with Crippen LogP contribution in [0.3, 0.4) is 0 Å². The third-order valence-electron chi connectivity index (χ3n) is 4.25. The van der Waals surface area contributed by atoms with Crippen LogP contribution in [0.1, 0.15) is 42.1 Å². The number of ether oxygens (including phenoxy) is 1. The lowest BCUT2D eigenvalue weighted by molar-refractivity contribution is 0.412. The number of rotatable bonds is 4. The Morgan fingerprint density at radius 1 is 1.19 bits per heavy atom. The van der Waals surface area contributed by atoms with Gasteiger partial charge in [-0.25, -0.2) is 0 Å². The summed E-state index contributed by atoms with van der Waals surface area (Å²) in [6, 6.07) is 15.7. The molecule has 0 bridgehead atoms. The molecule has 1 aliphatic rings. The molecule has 0 saturated carbocycles. The highest BCUT2D eigenvalue weighted by atomic mass is 79.9. The van der Waals surface area contributed by atoms with E-state index < -0.39 is 0 Å². The fraction of sp³-hybridized carbons (Fsp3) is 0.333. The summed E-state index contributed by atoms with van der Waals surface area (Å²) in [5.74, 6) is 0.943. The van der Waals surface area contributed by atoms with Gasteiger partial charge in [-0.2, -0.15) is 0 Å². The van der Waals surface area contributed by atoms with Crippen molar-refractivity contribution in [2.24, 2.45) is 0 Å². The van der Waals surface area contributed by atoms with Gasteiger partial charge in [0.2, 0.25) is 0 Å². The summed E-state index contributed by atoms with van der Waals surface area (Å²) in [4.78, 5) is 0. The van der Waals surface area contributed by atoms with Crippen molar-refractivity contribution >= 4 is 15.9 Å². The van der Waals surface area contributed by atoms with Gasteiger partial charge in [-0.1, -0.05) is 34.1 Å². The lowest BCUT2D eigenvalue weighted by atomic mass is 10.0. The van der Waals surface area contributed by atoms with Crippen LogP contribution in [0.25, 0.3) is 0 Å². The highest BCUT2D eigenvalue weighted by Crippen LogP contribution is 2.35. The highest BCUT2D eigenvalue weighted by Gasteiger charge is 2.24. The third-order valence-corrected chi connectivity index (χ3v) is 4.78. The smallest absolute Gasteiger partial charge is 0.119 e. The SMILES string of the molecule is COc1ccc2c(c1)C(N[C@H](C)c1ccc(Br)cc1)CC2. The van der Waals surface area contributed by atoms with Crippen molar-refractivity contribution in [1.29, 1.82) is 0 Å². The molecule has 3 heteroatoms. The van der Waals surface area contributed by atoms with Crippen LogP contribution in [0.4, 0.5) is 0 Å². The predicted octanol–water partition coefficient (Wildman–Crippen LogP) is 4.80. The first kappa shape index (κ1) is 14.6. The van der Waals surface area contributed by atoms with Gasteiger partial charge in [-0.05, 0) is 60.7 Å². The van der Waals surface area contributed by atoms with Crippen molar-refractivity contribution < 1.29 is 4.74 Å². The molecule has 2 atom stereocenters. The first-order valence-electron chi connectivity index (χ1n) is 7.35. The molecule has 3 rings (SSSR count). The van der Waals surface area contributed by atoms with Crippen molar-refractivity contribution in [3.63, 3.8) is 0 Å². The van der Waals surface area contributed by atoms with Gasteiger partial charge in [0.1, 0.15) is 5.75 Å². The number of hydrogen-bond donors (Lipinski definition) is 1. The highest BCUT2D eigenvalue weighted by molar-refractivity contribution is 9.10. The molecule has 0 spiro atoms. The van der Waals surface area contributed by atoms with E-state index in [1.807, 2.05) is 0 Å². The lowest BCUT2D eigenvalue weighted by Crippen LogP contribution is -2.23. The zero-order chi connectivity index (χ0) is 14.8. The fourth-order valence-electron chi connectivity index (χ4n) is 3.03. The number of methoxy groups -OCH3 is 1. The van der Waals surface area contributed by atoms with Crippen molar-refractivity contribution in [1.82, 2.24) is 5.32 Å². The van der Waals surface area contributed by atoms with Gasteiger partial charge in [0.25, 0.3) is 0 Å². The molecule has 2 aromatic rings. The molecule has 0 radical (unpaired) electrons. The summed E-state index contributed by atoms with van der Waals surface area (Å²) in [7, 11) is 1.73. The Morgan fingerprint density at radius 2 is 1.95 bits per heavy atom. The van der Waals surface area contributed by atoms with E-state index in [1.165, 1.54) is 16.7 Å².